The Labute approximate surface area is 143 Å². The molecule has 2 N–H and O–H groups in total. The van der Waals surface area contributed by atoms with E-state index >= 15 is 0 Å². The number of anilines is 2. The van der Waals surface area contributed by atoms with Crippen molar-refractivity contribution in [3.05, 3.63) is 52.0 Å². The molecule has 0 fully saturated rings. The second kappa shape index (κ2) is 6.03. The van der Waals surface area contributed by atoms with Gasteiger partial charge in [-0.15, -0.1) is 0 Å². The molecule has 23 heavy (non-hydrogen) atoms. The molecule has 1 aliphatic rings. The zero-order chi connectivity index (χ0) is 16.6. The number of hydrogen-bond acceptors (Lipinski definition) is 3. The van der Waals surface area contributed by atoms with Crippen LogP contribution in [0, 0.1) is 0 Å². The normalized spacial score (nSPS) is 14.1. The molecule has 0 spiro atoms. The molecular formula is C15H12Cl2N2O3S. The minimum atomic E-state index is -3.79. The number of amides is 1. The molecule has 0 bridgehead atoms. The van der Waals surface area contributed by atoms with Crippen LogP contribution in [-0.4, -0.2) is 14.3 Å². The van der Waals surface area contributed by atoms with Crippen LogP contribution in [-0.2, 0) is 21.2 Å². The van der Waals surface area contributed by atoms with Crippen LogP contribution in [0.15, 0.2) is 41.3 Å². The van der Waals surface area contributed by atoms with Crippen molar-refractivity contribution in [2.75, 3.05) is 10.0 Å². The SMILES string of the molecule is O=C1CCc2cc(S(=O)(=O)Nc3ccc(Cl)cc3Cl)ccc2N1. The maximum atomic E-state index is 12.5. The number of fused-ring (bicyclic) bond motifs is 1. The number of benzene rings is 2. The first-order chi connectivity index (χ1) is 10.8. The number of sulfonamides is 1. The summed E-state index contributed by atoms with van der Waals surface area (Å²) in [6.07, 6.45) is 0.846. The first-order valence-corrected chi connectivity index (χ1v) is 9.00. The lowest BCUT2D eigenvalue weighted by Gasteiger charge is -2.18. The van der Waals surface area contributed by atoms with Crippen molar-refractivity contribution in [1.82, 2.24) is 0 Å². The molecule has 120 valence electrons. The summed E-state index contributed by atoms with van der Waals surface area (Å²) in [4.78, 5) is 11.5. The lowest BCUT2D eigenvalue weighted by Crippen LogP contribution is -2.20. The zero-order valence-electron chi connectivity index (χ0n) is 11.8. The molecule has 0 unspecified atom stereocenters. The third kappa shape index (κ3) is 3.44. The fourth-order valence-corrected chi connectivity index (χ4v) is 3.94. The first kappa shape index (κ1) is 16.1. The Kier molecular flexibility index (Phi) is 4.23. The van der Waals surface area contributed by atoms with Crippen LogP contribution >= 0.6 is 23.2 Å². The Morgan fingerprint density at radius 3 is 2.57 bits per heavy atom. The topological polar surface area (TPSA) is 75.3 Å². The monoisotopic (exact) mass is 370 g/mol. The van der Waals surface area contributed by atoms with Crippen LogP contribution < -0.4 is 10.0 Å². The average molecular weight is 371 g/mol. The van der Waals surface area contributed by atoms with Gasteiger partial charge in [-0.2, -0.15) is 0 Å². The van der Waals surface area contributed by atoms with E-state index in [1.165, 1.54) is 18.2 Å². The molecule has 3 rings (SSSR count). The number of hydrogen-bond donors (Lipinski definition) is 2. The van der Waals surface area contributed by atoms with Gasteiger partial charge >= 0.3 is 0 Å². The van der Waals surface area contributed by atoms with Crippen LogP contribution in [0.2, 0.25) is 10.0 Å². The molecule has 0 radical (unpaired) electrons. The summed E-state index contributed by atoms with van der Waals surface area (Å²) in [5, 5.41) is 3.35. The van der Waals surface area contributed by atoms with Crippen molar-refractivity contribution in [2.24, 2.45) is 0 Å². The van der Waals surface area contributed by atoms with Crippen LogP contribution in [0.1, 0.15) is 12.0 Å². The first-order valence-electron chi connectivity index (χ1n) is 6.76. The predicted molar refractivity (Wildman–Crippen MR) is 90.7 cm³/mol. The molecule has 8 heteroatoms. The third-order valence-corrected chi connectivity index (χ3v) is 5.37. The Balaban J connectivity index is 1.92. The summed E-state index contributed by atoms with van der Waals surface area (Å²) in [5.41, 5.74) is 1.68. The molecule has 5 nitrogen and oxygen atoms in total. The molecule has 0 aliphatic carbocycles. The molecule has 1 heterocycles. The molecule has 1 amide bonds. The standard InChI is InChI=1S/C15H12Cl2N2O3S/c16-10-2-4-14(12(17)8-10)19-23(21,22)11-3-5-13-9(7-11)1-6-15(20)18-13/h2-5,7-8,19H,1,6H2,(H,18,20). The fourth-order valence-electron chi connectivity index (χ4n) is 2.30. The summed E-state index contributed by atoms with van der Waals surface area (Å²) in [5.74, 6) is -0.0702. The van der Waals surface area contributed by atoms with E-state index in [9.17, 15) is 13.2 Å². The largest absolute Gasteiger partial charge is 0.326 e. The maximum absolute atomic E-state index is 12.5. The number of aryl methyl sites for hydroxylation is 1. The van der Waals surface area contributed by atoms with Crippen LogP contribution in [0.4, 0.5) is 11.4 Å². The smallest absolute Gasteiger partial charge is 0.261 e. The van der Waals surface area contributed by atoms with Crippen LogP contribution in [0.3, 0.4) is 0 Å². The third-order valence-electron chi connectivity index (χ3n) is 3.46. The number of nitrogens with one attached hydrogen (secondary N) is 2. The number of carbonyl (C=O) groups excluding carboxylic acids is 1. The Bertz CT molecular complexity index is 898. The summed E-state index contributed by atoms with van der Waals surface area (Å²) in [7, 11) is -3.79. The van der Waals surface area contributed by atoms with E-state index in [0.717, 1.165) is 5.56 Å². The molecule has 0 saturated heterocycles. The molecular weight excluding hydrogens is 359 g/mol. The summed E-state index contributed by atoms with van der Waals surface area (Å²) >= 11 is 11.8. The Morgan fingerprint density at radius 2 is 1.83 bits per heavy atom. The number of rotatable bonds is 3. The molecule has 0 atom stereocenters. The van der Waals surface area contributed by atoms with E-state index in [-0.39, 0.29) is 21.5 Å². The van der Waals surface area contributed by atoms with Crippen molar-refractivity contribution < 1.29 is 13.2 Å². The fraction of sp³-hybridized carbons (Fsp3) is 0.133. The van der Waals surface area contributed by atoms with E-state index in [0.29, 0.717) is 23.6 Å². The lowest BCUT2D eigenvalue weighted by atomic mass is 10.0. The minimum Gasteiger partial charge on any atom is -0.326 e. The van der Waals surface area contributed by atoms with E-state index in [1.54, 1.807) is 18.2 Å². The van der Waals surface area contributed by atoms with Gasteiger partial charge in [0.1, 0.15) is 0 Å². The van der Waals surface area contributed by atoms with E-state index in [4.69, 9.17) is 23.2 Å². The Morgan fingerprint density at radius 1 is 1.04 bits per heavy atom. The quantitative estimate of drug-likeness (QED) is 0.864. The second-order valence-electron chi connectivity index (χ2n) is 5.10. The van der Waals surface area contributed by atoms with E-state index < -0.39 is 10.0 Å². The van der Waals surface area contributed by atoms with Crippen molar-refractivity contribution in [2.45, 2.75) is 17.7 Å². The van der Waals surface area contributed by atoms with Crippen LogP contribution in [0.25, 0.3) is 0 Å². The maximum Gasteiger partial charge on any atom is 0.261 e. The van der Waals surface area contributed by atoms with Crippen molar-refractivity contribution in [3.8, 4) is 0 Å². The second-order valence-corrected chi connectivity index (χ2v) is 7.62. The van der Waals surface area contributed by atoms with Gasteiger partial charge in [-0.3, -0.25) is 9.52 Å². The molecule has 0 saturated carbocycles. The van der Waals surface area contributed by atoms with Gasteiger partial charge in [-0.1, -0.05) is 23.2 Å². The molecule has 2 aromatic rings. The van der Waals surface area contributed by atoms with Gasteiger partial charge in [-0.25, -0.2) is 8.42 Å². The van der Waals surface area contributed by atoms with Gasteiger partial charge in [0, 0.05) is 17.1 Å². The van der Waals surface area contributed by atoms with E-state index in [1.807, 2.05) is 0 Å². The average Bonchev–Trinajstić information content (AvgIpc) is 2.49. The van der Waals surface area contributed by atoms with Gasteiger partial charge in [0.25, 0.3) is 10.0 Å². The van der Waals surface area contributed by atoms with Crippen molar-refractivity contribution >= 4 is 50.5 Å². The van der Waals surface area contributed by atoms with Crippen LogP contribution in [0.5, 0.6) is 0 Å². The highest BCUT2D eigenvalue weighted by Crippen LogP contribution is 2.29. The summed E-state index contributed by atoms with van der Waals surface area (Å²) < 4.78 is 27.4. The summed E-state index contributed by atoms with van der Waals surface area (Å²) in [6.45, 7) is 0. The highest BCUT2D eigenvalue weighted by Gasteiger charge is 2.20. The van der Waals surface area contributed by atoms with Crippen molar-refractivity contribution in [1.29, 1.82) is 0 Å². The molecule has 0 aromatic heterocycles. The van der Waals surface area contributed by atoms with Crippen molar-refractivity contribution in [3.63, 3.8) is 0 Å². The zero-order valence-corrected chi connectivity index (χ0v) is 14.1. The molecule has 2 aromatic carbocycles. The van der Waals surface area contributed by atoms with Gasteiger partial charge in [0.05, 0.1) is 15.6 Å². The van der Waals surface area contributed by atoms with Gasteiger partial charge in [0.2, 0.25) is 5.91 Å². The predicted octanol–water partition coefficient (Wildman–Crippen LogP) is 3.68. The minimum absolute atomic E-state index is 0.0702. The lowest BCUT2D eigenvalue weighted by molar-refractivity contribution is -0.116. The highest BCUT2D eigenvalue weighted by molar-refractivity contribution is 7.92. The van der Waals surface area contributed by atoms with Gasteiger partial charge in [-0.05, 0) is 48.4 Å². The highest BCUT2D eigenvalue weighted by atomic mass is 35.5. The van der Waals surface area contributed by atoms with Gasteiger partial charge < -0.3 is 5.32 Å². The molecule has 1 aliphatic heterocycles. The number of halogens is 2. The number of carbonyl (C=O) groups is 1. The van der Waals surface area contributed by atoms with E-state index in [2.05, 4.69) is 10.0 Å². The summed E-state index contributed by atoms with van der Waals surface area (Å²) in [6, 6.07) is 9.10. The van der Waals surface area contributed by atoms with Gasteiger partial charge in [0.15, 0.2) is 0 Å². The Hall–Kier alpha value is -1.76.